The first-order valence-electron chi connectivity index (χ1n) is 9.19. The quantitative estimate of drug-likeness (QED) is 0.333. The van der Waals surface area contributed by atoms with Crippen molar-refractivity contribution in [1.29, 1.82) is 0 Å². The largest absolute Gasteiger partial charge is 0.497 e. The highest BCUT2D eigenvalue weighted by atomic mass is 35.5. The molecule has 4 rings (SSSR count). The lowest BCUT2D eigenvalue weighted by Crippen LogP contribution is -2.15. The molecule has 0 aliphatic rings. The van der Waals surface area contributed by atoms with Crippen molar-refractivity contribution in [3.8, 4) is 22.8 Å². The summed E-state index contributed by atoms with van der Waals surface area (Å²) in [5, 5.41) is 12.2. The number of benzene rings is 1. The average Bonchev–Trinajstić information content (AvgIpc) is 3.24. The standard InChI is InChI=1S/C21H17ClN6O2S/c1-30-16-6-4-15(5-7-16)28-20(14-8-11-23-12-9-14)26-27-21(28)31-13-18(29)25-17-3-2-10-24-19(17)22/h2-12H,13H2,1H3,(H,25,29). The summed E-state index contributed by atoms with van der Waals surface area (Å²) in [5.41, 5.74) is 2.16. The van der Waals surface area contributed by atoms with Gasteiger partial charge in [0.05, 0.1) is 18.6 Å². The van der Waals surface area contributed by atoms with Crippen LogP contribution in [-0.4, -0.2) is 43.5 Å². The summed E-state index contributed by atoms with van der Waals surface area (Å²) >= 11 is 7.28. The summed E-state index contributed by atoms with van der Waals surface area (Å²) in [6.45, 7) is 0. The number of thioether (sulfide) groups is 1. The molecule has 4 aromatic rings. The normalized spacial score (nSPS) is 10.6. The molecule has 1 aromatic carbocycles. The predicted molar refractivity (Wildman–Crippen MR) is 120 cm³/mol. The maximum atomic E-state index is 12.4. The van der Waals surface area contributed by atoms with Gasteiger partial charge >= 0.3 is 0 Å². The van der Waals surface area contributed by atoms with E-state index in [-0.39, 0.29) is 16.8 Å². The highest BCUT2D eigenvalue weighted by Crippen LogP contribution is 2.29. The molecule has 0 radical (unpaired) electrons. The predicted octanol–water partition coefficient (Wildman–Crippen LogP) is 4.12. The molecule has 0 aliphatic heterocycles. The van der Waals surface area contributed by atoms with Gasteiger partial charge in [-0.1, -0.05) is 23.4 Å². The van der Waals surface area contributed by atoms with Gasteiger partial charge in [0.25, 0.3) is 0 Å². The summed E-state index contributed by atoms with van der Waals surface area (Å²) in [4.78, 5) is 20.5. The Kier molecular flexibility index (Phi) is 6.44. The van der Waals surface area contributed by atoms with Crippen molar-refractivity contribution in [3.63, 3.8) is 0 Å². The van der Waals surface area contributed by atoms with Crippen molar-refractivity contribution < 1.29 is 9.53 Å². The minimum atomic E-state index is -0.227. The molecule has 0 aliphatic carbocycles. The summed E-state index contributed by atoms with van der Waals surface area (Å²) in [6, 6.07) is 14.6. The Hall–Kier alpha value is -3.43. The molecule has 0 spiro atoms. The fraction of sp³-hybridized carbons (Fsp3) is 0.0952. The van der Waals surface area contributed by atoms with E-state index in [9.17, 15) is 4.79 Å². The molecular formula is C21H17ClN6O2S. The number of hydrogen-bond donors (Lipinski definition) is 1. The maximum absolute atomic E-state index is 12.4. The third-order valence-electron chi connectivity index (χ3n) is 4.27. The summed E-state index contributed by atoms with van der Waals surface area (Å²) < 4.78 is 7.15. The number of hydrogen-bond acceptors (Lipinski definition) is 7. The Balaban J connectivity index is 1.60. The monoisotopic (exact) mass is 452 g/mol. The van der Waals surface area contributed by atoms with Gasteiger partial charge in [-0.2, -0.15) is 0 Å². The summed E-state index contributed by atoms with van der Waals surface area (Å²) in [5.74, 6) is 1.28. The van der Waals surface area contributed by atoms with Crippen molar-refractivity contribution in [3.05, 3.63) is 72.3 Å². The van der Waals surface area contributed by atoms with E-state index in [2.05, 4.69) is 25.5 Å². The van der Waals surface area contributed by atoms with E-state index in [1.54, 1.807) is 37.8 Å². The number of pyridine rings is 2. The first kappa shape index (κ1) is 20.8. The highest BCUT2D eigenvalue weighted by molar-refractivity contribution is 7.99. The Bertz CT molecular complexity index is 1180. The van der Waals surface area contributed by atoms with Crippen LogP contribution in [0.25, 0.3) is 17.1 Å². The van der Waals surface area contributed by atoms with E-state index in [0.717, 1.165) is 17.0 Å². The molecule has 10 heteroatoms. The van der Waals surface area contributed by atoms with E-state index >= 15 is 0 Å². The van der Waals surface area contributed by atoms with Crippen LogP contribution in [0.2, 0.25) is 5.15 Å². The van der Waals surface area contributed by atoms with Crippen LogP contribution in [0.5, 0.6) is 5.75 Å². The first-order chi connectivity index (χ1) is 15.2. The van der Waals surface area contributed by atoms with Crippen molar-refractivity contribution in [2.24, 2.45) is 0 Å². The molecule has 0 fully saturated rings. The van der Waals surface area contributed by atoms with E-state index in [0.29, 0.717) is 16.7 Å². The van der Waals surface area contributed by atoms with Crippen LogP contribution >= 0.6 is 23.4 Å². The van der Waals surface area contributed by atoms with Crippen molar-refractivity contribution in [2.45, 2.75) is 5.16 Å². The summed E-state index contributed by atoms with van der Waals surface area (Å²) in [6.07, 6.45) is 4.95. The number of carbonyl (C=O) groups is 1. The molecule has 31 heavy (non-hydrogen) atoms. The summed E-state index contributed by atoms with van der Waals surface area (Å²) in [7, 11) is 1.62. The number of nitrogens with one attached hydrogen (secondary N) is 1. The number of halogens is 1. The molecule has 156 valence electrons. The molecule has 3 heterocycles. The van der Waals surface area contributed by atoms with Crippen LogP contribution in [0, 0.1) is 0 Å². The molecule has 0 atom stereocenters. The van der Waals surface area contributed by atoms with E-state index < -0.39 is 0 Å². The van der Waals surface area contributed by atoms with E-state index in [1.807, 2.05) is 41.0 Å². The van der Waals surface area contributed by atoms with Gasteiger partial charge in [-0.3, -0.25) is 14.3 Å². The van der Waals surface area contributed by atoms with Gasteiger partial charge in [0.2, 0.25) is 5.91 Å². The van der Waals surface area contributed by atoms with Gasteiger partial charge in [-0.05, 0) is 48.5 Å². The lowest BCUT2D eigenvalue weighted by Gasteiger charge is -2.11. The van der Waals surface area contributed by atoms with Crippen LogP contribution in [0.4, 0.5) is 5.69 Å². The second-order valence-corrected chi connectivity index (χ2v) is 7.55. The lowest BCUT2D eigenvalue weighted by atomic mass is 10.2. The molecule has 0 bridgehead atoms. The molecule has 0 saturated heterocycles. The van der Waals surface area contributed by atoms with Gasteiger partial charge in [0.15, 0.2) is 16.1 Å². The number of carbonyl (C=O) groups excluding carboxylic acids is 1. The number of anilines is 1. The number of ether oxygens (including phenoxy) is 1. The van der Waals surface area contributed by atoms with Crippen LogP contribution < -0.4 is 10.1 Å². The Morgan fingerprint density at radius 3 is 2.58 bits per heavy atom. The molecular weight excluding hydrogens is 436 g/mol. The van der Waals surface area contributed by atoms with Crippen LogP contribution in [-0.2, 0) is 4.79 Å². The molecule has 1 amide bonds. The second-order valence-electron chi connectivity index (χ2n) is 6.25. The lowest BCUT2D eigenvalue weighted by molar-refractivity contribution is -0.113. The van der Waals surface area contributed by atoms with E-state index in [1.165, 1.54) is 11.8 Å². The molecule has 0 unspecified atom stereocenters. The molecule has 0 saturated carbocycles. The fourth-order valence-electron chi connectivity index (χ4n) is 2.81. The zero-order valence-corrected chi connectivity index (χ0v) is 18.0. The SMILES string of the molecule is COc1ccc(-n2c(SCC(=O)Nc3cccnc3Cl)nnc2-c2ccncc2)cc1. The minimum absolute atomic E-state index is 0.121. The van der Waals surface area contributed by atoms with Gasteiger partial charge in [0.1, 0.15) is 5.75 Å². The minimum Gasteiger partial charge on any atom is -0.497 e. The Labute approximate surface area is 187 Å². The first-order valence-corrected chi connectivity index (χ1v) is 10.6. The van der Waals surface area contributed by atoms with Gasteiger partial charge in [0, 0.05) is 29.8 Å². The molecule has 8 nitrogen and oxygen atoms in total. The number of rotatable bonds is 7. The number of amides is 1. The number of methoxy groups -OCH3 is 1. The third kappa shape index (κ3) is 4.84. The highest BCUT2D eigenvalue weighted by Gasteiger charge is 2.18. The number of nitrogens with zero attached hydrogens (tertiary/aromatic N) is 5. The van der Waals surface area contributed by atoms with Gasteiger partial charge in [-0.25, -0.2) is 4.98 Å². The molecule has 1 N–H and O–H groups in total. The third-order valence-corrected chi connectivity index (χ3v) is 5.50. The average molecular weight is 453 g/mol. The Morgan fingerprint density at radius 2 is 1.87 bits per heavy atom. The Morgan fingerprint density at radius 1 is 1.10 bits per heavy atom. The fourth-order valence-corrected chi connectivity index (χ4v) is 3.73. The smallest absolute Gasteiger partial charge is 0.234 e. The zero-order chi connectivity index (χ0) is 21.6. The maximum Gasteiger partial charge on any atom is 0.234 e. The number of aromatic nitrogens is 5. The van der Waals surface area contributed by atoms with Crippen LogP contribution in [0.15, 0.2) is 72.3 Å². The second kappa shape index (κ2) is 9.59. The topological polar surface area (TPSA) is 94.8 Å². The zero-order valence-electron chi connectivity index (χ0n) is 16.4. The van der Waals surface area contributed by atoms with Crippen molar-refractivity contribution >= 4 is 35.0 Å². The van der Waals surface area contributed by atoms with Gasteiger partial charge in [-0.15, -0.1) is 10.2 Å². The van der Waals surface area contributed by atoms with Crippen molar-refractivity contribution in [2.75, 3.05) is 18.2 Å². The van der Waals surface area contributed by atoms with Gasteiger partial charge < -0.3 is 10.1 Å². The van der Waals surface area contributed by atoms with Crippen LogP contribution in [0.3, 0.4) is 0 Å². The van der Waals surface area contributed by atoms with E-state index in [4.69, 9.17) is 16.3 Å². The molecule has 3 aromatic heterocycles. The van der Waals surface area contributed by atoms with Crippen molar-refractivity contribution in [1.82, 2.24) is 24.7 Å². The van der Waals surface area contributed by atoms with Crippen LogP contribution in [0.1, 0.15) is 0 Å².